The molecular formula is C16H23Cl2N3O2S. The first-order valence-corrected chi connectivity index (χ1v) is 8.06. The molecule has 2 rings (SSSR count). The third-order valence-corrected chi connectivity index (χ3v) is 4.27. The fourth-order valence-corrected chi connectivity index (χ4v) is 2.92. The molecule has 0 saturated carbocycles. The molecule has 0 bridgehead atoms. The molecule has 0 aliphatic heterocycles. The number of thiazole rings is 1. The van der Waals surface area contributed by atoms with Gasteiger partial charge >= 0.3 is 0 Å². The Morgan fingerprint density at radius 1 is 1.42 bits per heavy atom. The summed E-state index contributed by atoms with van der Waals surface area (Å²) in [5.74, 6) is -0.0697. The molecule has 1 aromatic carbocycles. The van der Waals surface area contributed by atoms with Gasteiger partial charge in [-0.25, -0.2) is 4.98 Å². The Hall–Kier alpha value is -1.34. The minimum absolute atomic E-state index is 0. The number of aromatic nitrogens is 1. The number of amides is 1. The number of hydrogen-bond acceptors (Lipinski definition) is 5. The minimum atomic E-state index is -0.0697. The van der Waals surface area contributed by atoms with Gasteiger partial charge in [0, 0.05) is 30.3 Å². The molecule has 1 atom stereocenters. The SMILES string of the molecule is CCOC(C)c1nc(CN(C)C(=O)c2cccc(N)c2)cs1.Cl.Cl. The first-order chi connectivity index (χ1) is 10.5. The van der Waals surface area contributed by atoms with Crippen molar-refractivity contribution in [2.24, 2.45) is 0 Å². The number of nitrogens with two attached hydrogens (primary N) is 1. The second-order valence-corrected chi connectivity index (χ2v) is 5.95. The third kappa shape index (κ3) is 5.94. The molecule has 134 valence electrons. The molecule has 0 aliphatic carbocycles. The predicted molar refractivity (Wildman–Crippen MR) is 103 cm³/mol. The number of carbonyl (C=O) groups excluding carboxylic acids is 1. The molecule has 2 N–H and O–H groups in total. The van der Waals surface area contributed by atoms with Crippen LogP contribution < -0.4 is 5.73 Å². The Labute approximate surface area is 159 Å². The van der Waals surface area contributed by atoms with Gasteiger partial charge in [0.15, 0.2) is 0 Å². The van der Waals surface area contributed by atoms with Crippen molar-refractivity contribution < 1.29 is 9.53 Å². The second kappa shape index (κ2) is 10.5. The van der Waals surface area contributed by atoms with Crippen LogP contribution in [0.5, 0.6) is 0 Å². The maximum atomic E-state index is 12.4. The summed E-state index contributed by atoms with van der Waals surface area (Å²) in [6.07, 6.45) is -0.0151. The van der Waals surface area contributed by atoms with Crippen molar-refractivity contribution in [1.29, 1.82) is 0 Å². The maximum absolute atomic E-state index is 12.4. The lowest BCUT2D eigenvalue weighted by Crippen LogP contribution is -2.26. The minimum Gasteiger partial charge on any atom is -0.399 e. The standard InChI is InChI=1S/C16H21N3O2S.2ClH/c1-4-21-11(2)15-18-14(10-22-15)9-19(3)16(20)12-6-5-7-13(17)8-12;;/h5-8,10-11H,4,9,17H2,1-3H3;2*1H. The van der Waals surface area contributed by atoms with Gasteiger partial charge in [0.1, 0.15) is 11.1 Å². The zero-order valence-corrected chi connectivity index (χ0v) is 16.3. The van der Waals surface area contributed by atoms with E-state index in [1.807, 2.05) is 19.2 Å². The van der Waals surface area contributed by atoms with Gasteiger partial charge in [0.05, 0.1) is 12.2 Å². The van der Waals surface area contributed by atoms with Crippen LogP contribution in [0.15, 0.2) is 29.6 Å². The lowest BCUT2D eigenvalue weighted by Gasteiger charge is -2.16. The summed E-state index contributed by atoms with van der Waals surface area (Å²) < 4.78 is 5.53. The number of halogens is 2. The predicted octanol–water partition coefficient (Wildman–Crippen LogP) is 3.94. The molecule has 24 heavy (non-hydrogen) atoms. The molecule has 1 aromatic heterocycles. The van der Waals surface area contributed by atoms with E-state index < -0.39 is 0 Å². The summed E-state index contributed by atoms with van der Waals surface area (Å²) in [5.41, 5.74) is 7.75. The molecule has 0 aliphatic rings. The highest BCUT2D eigenvalue weighted by molar-refractivity contribution is 7.09. The van der Waals surface area contributed by atoms with Crippen LogP contribution in [0, 0.1) is 0 Å². The number of hydrogen-bond donors (Lipinski definition) is 1. The molecule has 0 fully saturated rings. The van der Waals surface area contributed by atoms with Crippen molar-refractivity contribution in [3.05, 3.63) is 45.9 Å². The van der Waals surface area contributed by atoms with Gasteiger partial charge in [0.25, 0.3) is 5.91 Å². The highest BCUT2D eigenvalue weighted by Gasteiger charge is 2.15. The molecule has 1 amide bonds. The Balaban J connectivity index is 0.00000264. The molecule has 2 aromatic rings. The monoisotopic (exact) mass is 391 g/mol. The van der Waals surface area contributed by atoms with Gasteiger partial charge in [-0.15, -0.1) is 36.2 Å². The van der Waals surface area contributed by atoms with Gasteiger partial charge in [-0.05, 0) is 32.0 Å². The average Bonchev–Trinajstić information content (AvgIpc) is 2.95. The second-order valence-electron chi connectivity index (χ2n) is 5.06. The summed E-state index contributed by atoms with van der Waals surface area (Å²) in [6, 6.07) is 6.99. The zero-order valence-electron chi connectivity index (χ0n) is 13.9. The Bertz CT molecular complexity index is 652. The van der Waals surface area contributed by atoms with Crippen molar-refractivity contribution in [2.45, 2.75) is 26.5 Å². The number of carbonyl (C=O) groups is 1. The Morgan fingerprint density at radius 3 is 2.75 bits per heavy atom. The van der Waals surface area contributed by atoms with E-state index in [2.05, 4.69) is 4.98 Å². The van der Waals surface area contributed by atoms with Gasteiger partial charge in [0.2, 0.25) is 0 Å². The van der Waals surface area contributed by atoms with E-state index in [9.17, 15) is 4.79 Å². The Morgan fingerprint density at radius 2 is 2.12 bits per heavy atom. The van der Waals surface area contributed by atoms with E-state index in [4.69, 9.17) is 10.5 Å². The summed E-state index contributed by atoms with van der Waals surface area (Å²) in [5, 5.41) is 2.90. The zero-order chi connectivity index (χ0) is 16.1. The fourth-order valence-electron chi connectivity index (χ4n) is 2.11. The van der Waals surface area contributed by atoms with Crippen LogP contribution in [0.1, 0.15) is 41.0 Å². The number of nitrogens with zero attached hydrogens (tertiary/aromatic N) is 2. The largest absolute Gasteiger partial charge is 0.399 e. The van der Waals surface area contributed by atoms with E-state index in [-0.39, 0.29) is 36.8 Å². The van der Waals surface area contributed by atoms with E-state index in [0.717, 1.165) is 10.7 Å². The molecule has 5 nitrogen and oxygen atoms in total. The van der Waals surface area contributed by atoms with Gasteiger partial charge in [-0.3, -0.25) is 4.79 Å². The van der Waals surface area contributed by atoms with E-state index in [1.165, 1.54) is 0 Å². The summed E-state index contributed by atoms with van der Waals surface area (Å²) >= 11 is 1.56. The van der Waals surface area contributed by atoms with Gasteiger partial charge in [-0.2, -0.15) is 0 Å². The molecule has 0 spiro atoms. The average molecular weight is 392 g/mol. The third-order valence-electron chi connectivity index (χ3n) is 3.21. The topological polar surface area (TPSA) is 68.5 Å². The molecule has 8 heteroatoms. The molecule has 1 unspecified atom stereocenters. The lowest BCUT2D eigenvalue weighted by atomic mass is 10.2. The molecule has 0 radical (unpaired) electrons. The van der Waals surface area contributed by atoms with Crippen LogP contribution in [-0.2, 0) is 11.3 Å². The van der Waals surface area contributed by atoms with Crippen molar-refractivity contribution in [3.63, 3.8) is 0 Å². The number of benzene rings is 1. The van der Waals surface area contributed by atoms with E-state index in [1.54, 1.807) is 47.5 Å². The van der Waals surface area contributed by atoms with Crippen LogP contribution in [0.4, 0.5) is 5.69 Å². The fraction of sp³-hybridized carbons (Fsp3) is 0.375. The van der Waals surface area contributed by atoms with Crippen LogP contribution in [-0.4, -0.2) is 29.4 Å². The molecular weight excluding hydrogens is 369 g/mol. The van der Waals surface area contributed by atoms with Crippen LogP contribution >= 0.6 is 36.2 Å². The molecule has 0 saturated heterocycles. The van der Waals surface area contributed by atoms with Crippen molar-refractivity contribution in [1.82, 2.24) is 9.88 Å². The number of anilines is 1. The summed E-state index contributed by atoms with van der Waals surface area (Å²) in [4.78, 5) is 18.5. The van der Waals surface area contributed by atoms with Crippen molar-refractivity contribution in [2.75, 3.05) is 19.4 Å². The highest BCUT2D eigenvalue weighted by Crippen LogP contribution is 2.22. The normalized spacial score (nSPS) is 11.1. The quantitative estimate of drug-likeness (QED) is 0.757. The van der Waals surface area contributed by atoms with Crippen LogP contribution in [0.3, 0.4) is 0 Å². The first-order valence-electron chi connectivity index (χ1n) is 7.18. The van der Waals surface area contributed by atoms with Crippen LogP contribution in [0.2, 0.25) is 0 Å². The van der Waals surface area contributed by atoms with Crippen molar-refractivity contribution >= 4 is 47.7 Å². The van der Waals surface area contributed by atoms with Crippen molar-refractivity contribution in [3.8, 4) is 0 Å². The van der Waals surface area contributed by atoms with E-state index >= 15 is 0 Å². The van der Waals surface area contributed by atoms with E-state index in [0.29, 0.717) is 24.4 Å². The smallest absolute Gasteiger partial charge is 0.254 e. The maximum Gasteiger partial charge on any atom is 0.254 e. The van der Waals surface area contributed by atoms with Crippen LogP contribution in [0.25, 0.3) is 0 Å². The Kier molecular flexibility index (Phi) is 9.92. The summed E-state index contributed by atoms with van der Waals surface area (Å²) in [7, 11) is 1.76. The molecule has 1 heterocycles. The lowest BCUT2D eigenvalue weighted by molar-refractivity contribution is 0.0756. The van der Waals surface area contributed by atoms with Gasteiger partial charge < -0.3 is 15.4 Å². The number of nitrogen functional groups attached to an aromatic ring is 1. The first kappa shape index (κ1) is 22.7. The highest BCUT2D eigenvalue weighted by atomic mass is 35.5. The van der Waals surface area contributed by atoms with Gasteiger partial charge in [-0.1, -0.05) is 6.07 Å². The number of ether oxygens (including phenoxy) is 1. The number of rotatable bonds is 6. The summed E-state index contributed by atoms with van der Waals surface area (Å²) in [6.45, 7) is 5.06.